The highest BCUT2D eigenvalue weighted by Crippen LogP contribution is 2.17. The molecule has 122 valence electrons. The fraction of sp³-hybridized carbons (Fsp3) is 0.333. The summed E-state index contributed by atoms with van der Waals surface area (Å²) in [5.74, 6) is 0.656. The molecule has 0 aliphatic carbocycles. The first-order valence-corrected chi connectivity index (χ1v) is 8.32. The third-order valence-corrected chi connectivity index (χ3v) is 3.94. The van der Waals surface area contributed by atoms with Crippen LogP contribution in [0, 0.1) is 6.92 Å². The van der Waals surface area contributed by atoms with Gasteiger partial charge in [0.15, 0.2) is 0 Å². The van der Waals surface area contributed by atoms with Gasteiger partial charge < -0.3 is 14.8 Å². The van der Waals surface area contributed by atoms with E-state index in [-0.39, 0.29) is 0 Å². The lowest BCUT2D eigenvalue weighted by Crippen LogP contribution is -2.30. The molecular formula is C15H20BN3O3S. The topological polar surface area (TPSA) is 87.0 Å². The summed E-state index contributed by atoms with van der Waals surface area (Å²) in [6.07, 6.45) is 3.59. The smallest absolute Gasteiger partial charge is 0.488 e. The van der Waals surface area contributed by atoms with Crippen molar-refractivity contribution in [3.63, 3.8) is 0 Å². The summed E-state index contributed by atoms with van der Waals surface area (Å²) in [5, 5.41) is 25.4. The van der Waals surface area contributed by atoms with Crippen molar-refractivity contribution in [2.24, 2.45) is 5.10 Å². The minimum Gasteiger partial charge on any atom is -0.493 e. The van der Waals surface area contributed by atoms with E-state index in [1.54, 1.807) is 24.4 Å². The van der Waals surface area contributed by atoms with Gasteiger partial charge in [0.25, 0.3) is 0 Å². The van der Waals surface area contributed by atoms with Gasteiger partial charge in [0, 0.05) is 10.9 Å². The summed E-state index contributed by atoms with van der Waals surface area (Å²) >= 11 is 1.47. The predicted molar refractivity (Wildman–Crippen MR) is 94.7 cm³/mol. The normalized spacial score (nSPS) is 11.0. The first kappa shape index (κ1) is 17.5. The molecule has 0 saturated heterocycles. The quantitative estimate of drug-likeness (QED) is 0.297. The van der Waals surface area contributed by atoms with Gasteiger partial charge in [-0.05, 0) is 30.9 Å². The Balaban J connectivity index is 2.13. The molecule has 0 aliphatic rings. The second kappa shape index (κ2) is 8.66. The molecule has 1 heterocycles. The van der Waals surface area contributed by atoms with Crippen LogP contribution in [-0.2, 0) is 0 Å². The van der Waals surface area contributed by atoms with E-state index >= 15 is 0 Å². The van der Waals surface area contributed by atoms with Gasteiger partial charge in [0.05, 0.1) is 18.5 Å². The molecule has 1 aromatic heterocycles. The third kappa shape index (κ3) is 5.35. The van der Waals surface area contributed by atoms with Gasteiger partial charge in [0.2, 0.25) is 5.13 Å². The molecule has 0 atom stereocenters. The molecule has 0 aliphatic heterocycles. The van der Waals surface area contributed by atoms with E-state index in [0.29, 0.717) is 28.5 Å². The second-order valence-electron chi connectivity index (χ2n) is 5.04. The number of hydrogen-bond donors (Lipinski definition) is 3. The van der Waals surface area contributed by atoms with Gasteiger partial charge in [-0.25, -0.2) is 4.98 Å². The van der Waals surface area contributed by atoms with Gasteiger partial charge in [-0.3, -0.25) is 5.43 Å². The summed E-state index contributed by atoms with van der Waals surface area (Å²) in [6, 6.07) is 4.99. The number of hydrazone groups is 1. The Morgan fingerprint density at radius 2 is 2.26 bits per heavy atom. The fourth-order valence-electron chi connectivity index (χ4n) is 1.85. The molecule has 0 unspecified atom stereocenters. The van der Waals surface area contributed by atoms with Crippen LogP contribution < -0.4 is 15.6 Å². The minimum atomic E-state index is -1.53. The summed E-state index contributed by atoms with van der Waals surface area (Å²) in [4.78, 5) is 4.25. The van der Waals surface area contributed by atoms with Crippen molar-refractivity contribution in [1.82, 2.24) is 4.98 Å². The van der Waals surface area contributed by atoms with Gasteiger partial charge in [-0.1, -0.05) is 19.4 Å². The van der Waals surface area contributed by atoms with Gasteiger partial charge >= 0.3 is 7.12 Å². The Morgan fingerprint density at radius 1 is 1.43 bits per heavy atom. The maximum Gasteiger partial charge on any atom is 0.488 e. The fourth-order valence-corrected chi connectivity index (χ4v) is 2.49. The number of rotatable bonds is 8. The number of hydrogen-bond acceptors (Lipinski definition) is 7. The first-order chi connectivity index (χ1) is 11.1. The van der Waals surface area contributed by atoms with Crippen molar-refractivity contribution in [3.8, 4) is 5.75 Å². The number of unbranched alkanes of at least 4 members (excludes halogenated alkanes) is 1. The molecule has 0 radical (unpaired) electrons. The van der Waals surface area contributed by atoms with Crippen LogP contribution in [0.3, 0.4) is 0 Å². The Labute approximate surface area is 140 Å². The van der Waals surface area contributed by atoms with Crippen molar-refractivity contribution in [2.75, 3.05) is 12.0 Å². The Kier molecular flexibility index (Phi) is 6.58. The highest BCUT2D eigenvalue weighted by atomic mass is 32.1. The number of ether oxygens (including phenoxy) is 1. The summed E-state index contributed by atoms with van der Waals surface area (Å²) in [6.45, 7) is 4.62. The van der Waals surface area contributed by atoms with E-state index in [0.717, 1.165) is 18.5 Å². The Bertz CT molecular complexity index is 661. The lowest BCUT2D eigenvalue weighted by molar-refractivity contribution is 0.309. The molecular weight excluding hydrogens is 313 g/mol. The molecule has 3 N–H and O–H groups in total. The lowest BCUT2D eigenvalue weighted by Gasteiger charge is -2.10. The molecule has 2 rings (SSSR count). The number of anilines is 1. The maximum absolute atomic E-state index is 9.31. The van der Waals surface area contributed by atoms with Crippen LogP contribution in [0.5, 0.6) is 5.75 Å². The average Bonchev–Trinajstić information content (AvgIpc) is 2.94. The number of nitrogens with one attached hydrogen (secondary N) is 1. The van der Waals surface area contributed by atoms with Crippen LogP contribution >= 0.6 is 11.3 Å². The molecule has 8 heteroatoms. The molecule has 0 saturated carbocycles. The van der Waals surface area contributed by atoms with Crippen molar-refractivity contribution >= 4 is 35.3 Å². The van der Waals surface area contributed by atoms with Crippen LogP contribution in [0.4, 0.5) is 5.13 Å². The van der Waals surface area contributed by atoms with Crippen LogP contribution in [0.25, 0.3) is 0 Å². The minimum absolute atomic E-state index is 0.388. The Hall–Kier alpha value is -1.90. The highest BCUT2D eigenvalue weighted by molar-refractivity contribution is 7.13. The zero-order valence-corrected chi connectivity index (χ0v) is 14.0. The third-order valence-electron chi connectivity index (χ3n) is 3.07. The van der Waals surface area contributed by atoms with Crippen molar-refractivity contribution in [2.45, 2.75) is 26.7 Å². The summed E-state index contributed by atoms with van der Waals surface area (Å²) < 4.78 is 5.72. The molecule has 23 heavy (non-hydrogen) atoms. The number of aromatic nitrogens is 1. The average molecular weight is 333 g/mol. The molecule has 2 aromatic rings. The van der Waals surface area contributed by atoms with E-state index in [9.17, 15) is 10.0 Å². The van der Waals surface area contributed by atoms with E-state index in [1.165, 1.54) is 11.3 Å². The van der Waals surface area contributed by atoms with Crippen LogP contribution in [0.2, 0.25) is 0 Å². The second-order valence-corrected chi connectivity index (χ2v) is 5.90. The highest BCUT2D eigenvalue weighted by Gasteiger charge is 2.13. The number of nitrogens with zero attached hydrogens (tertiary/aromatic N) is 2. The number of benzene rings is 1. The molecule has 0 bridgehead atoms. The number of thiazole rings is 1. The van der Waals surface area contributed by atoms with Crippen molar-refractivity contribution in [1.29, 1.82) is 0 Å². The van der Waals surface area contributed by atoms with E-state index in [2.05, 4.69) is 22.4 Å². The van der Waals surface area contributed by atoms with E-state index in [4.69, 9.17) is 4.74 Å². The van der Waals surface area contributed by atoms with Crippen LogP contribution in [0.1, 0.15) is 31.0 Å². The number of aryl methyl sites for hydroxylation is 1. The van der Waals surface area contributed by atoms with Crippen LogP contribution in [0.15, 0.2) is 28.7 Å². The standard InChI is InChI=1S/C15H20BN3O3S/c1-3-4-7-22-14-6-5-13(16(20)21)8-12(14)9-17-19-15-18-11(2)10-23-15/h5-6,8-10,20-21H,3-4,7H2,1-2H3,(H,18,19). The molecule has 0 spiro atoms. The Morgan fingerprint density at radius 3 is 2.91 bits per heavy atom. The maximum atomic E-state index is 9.31. The lowest BCUT2D eigenvalue weighted by atomic mass is 9.79. The van der Waals surface area contributed by atoms with Crippen molar-refractivity contribution < 1.29 is 14.8 Å². The van der Waals surface area contributed by atoms with E-state index in [1.807, 2.05) is 12.3 Å². The van der Waals surface area contributed by atoms with Gasteiger partial charge in [0.1, 0.15) is 5.75 Å². The monoisotopic (exact) mass is 333 g/mol. The predicted octanol–water partition coefficient (Wildman–Crippen LogP) is 1.76. The van der Waals surface area contributed by atoms with Gasteiger partial charge in [-0.2, -0.15) is 5.10 Å². The SMILES string of the molecule is CCCCOc1ccc(B(O)O)cc1C=NNc1nc(C)cs1. The van der Waals surface area contributed by atoms with E-state index < -0.39 is 7.12 Å². The zero-order chi connectivity index (χ0) is 16.7. The first-order valence-electron chi connectivity index (χ1n) is 7.44. The largest absolute Gasteiger partial charge is 0.493 e. The van der Waals surface area contributed by atoms with Crippen LogP contribution in [-0.4, -0.2) is 35.0 Å². The molecule has 6 nitrogen and oxygen atoms in total. The molecule has 0 fully saturated rings. The molecule has 1 aromatic carbocycles. The van der Waals surface area contributed by atoms with Crippen molar-refractivity contribution in [3.05, 3.63) is 34.8 Å². The molecule has 0 amide bonds. The van der Waals surface area contributed by atoms with Gasteiger partial charge in [-0.15, -0.1) is 11.3 Å². The summed E-state index contributed by atoms with van der Waals surface area (Å²) in [5.41, 5.74) is 4.85. The summed E-state index contributed by atoms with van der Waals surface area (Å²) in [7, 11) is -1.53. The zero-order valence-electron chi connectivity index (χ0n) is 13.2.